The predicted molar refractivity (Wildman–Crippen MR) is 144 cm³/mol. The highest BCUT2D eigenvalue weighted by molar-refractivity contribution is 9.10. The maximum Gasteiger partial charge on any atom is 0.240 e. The summed E-state index contributed by atoms with van der Waals surface area (Å²) >= 11 is 6.87. The minimum atomic E-state index is -0.830. The van der Waals surface area contributed by atoms with Crippen LogP contribution in [0.1, 0.15) is 15.9 Å². The van der Waals surface area contributed by atoms with Crippen LogP contribution in [0.25, 0.3) is 6.08 Å². The van der Waals surface area contributed by atoms with Crippen molar-refractivity contribution in [3.8, 4) is 5.75 Å². The molecule has 0 radical (unpaired) electrons. The lowest BCUT2D eigenvalue weighted by Gasteiger charge is -2.36. The van der Waals surface area contributed by atoms with Crippen LogP contribution in [0.3, 0.4) is 0 Å². The van der Waals surface area contributed by atoms with Gasteiger partial charge in [0.2, 0.25) is 11.8 Å². The second kappa shape index (κ2) is 8.71. The number of anilines is 2. The van der Waals surface area contributed by atoms with Crippen LogP contribution in [0, 0.1) is 11.8 Å². The zero-order valence-electron chi connectivity index (χ0n) is 19.1. The molecule has 6 nitrogen and oxygen atoms in total. The Kier molecular flexibility index (Phi) is 5.61. The first-order valence-electron chi connectivity index (χ1n) is 11.5. The van der Waals surface area contributed by atoms with Gasteiger partial charge in [-0.15, -0.1) is 0 Å². The molecule has 0 spiro atoms. The molecule has 0 saturated carbocycles. The normalized spacial score (nSPS) is 24.0. The summed E-state index contributed by atoms with van der Waals surface area (Å²) in [5.41, 5.74) is 2.75. The number of fused-ring (bicyclic) bond motifs is 5. The Morgan fingerprint density at radius 3 is 2.36 bits per heavy atom. The summed E-state index contributed by atoms with van der Waals surface area (Å²) in [6.45, 7) is 0. The number of hydrogen-bond acceptors (Lipinski definition) is 5. The summed E-state index contributed by atoms with van der Waals surface area (Å²) in [4.78, 5) is 45.1. The van der Waals surface area contributed by atoms with E-state index in [2.05, 4.69) is 31.9 Å². The third-order valence-corrected chi connectivity index (χ3v) is 8.35. The SMILES string of the molecule is COc1ccc(C(=O)C2C3C(=O)N(c4ccc(Br)cc4)C(=O)C3C3C=Cc4ccccc4N32)cc1Br. The van der Waals surface area contributed by atoms with Gasteiger partial charge in [0.25, 0.3) is 0 Å². The summed E-state index contributed by atoms with van der Waals surface area (Å²) in [5.74, 6) is -1.71. The van der Waals surface area contributed by atoms with E-state index in [0.717, 1.165) is 15.7 Å². The van der Waals surface area contributed by atoms with Gasteiger partial charge in [-0.05, 0) is 70.0 Å². The summed E-state index contributed by atoms with van der Waals surface area (Å²) < 4.78 is 6.82. The average Bonchev–Trinajstić information content (AvgIpc) is 3.37. The van der Waals surface area contributed by atoms with E-state index in [9.17, 15) is 14.4 Å². The van der Waals surface area contributed by atoms with Gasteiger partial charge < -0.3 is 9.64 Å². The minimum Gasteiger partial charge on any atom is -0.496 e. The maximum atomic E-state index is 14.1. The molecular formula is C28H20Br2N2O4. The van der Waals surface area contributed by atoms with E-state index in [1.807, 2.05) is 41.3 Å². The average molecular weight is 608 g/mol. The van der Waals surface area contributed by atoms with Crippen LogP contribution < -0.4 is 14.5 Å². The van der Waals surface area contributed by atoms with Crippen molar-refractivity contribution in [2.24, 2.45) is 11.8 Å². The molecule has 2 fully saturated rings. The summed E-state index contributed by atoms with van der Waals surface area (Å²) in [5, 5.41) is 0. The lowest BCUT2D eigenvalue weighted by Crippen LogP contribution is -2.48. The molecule has 8 heteroatoms. The van der Waals surface area contributed by atoms with Crippen LogP contribution in [0.4, 0.5) is 11.4 Å². The maximum absolute atomic E-state index is 14.1. The lowest BCUT2D eigenvalue weighted by atomic mass is 9.86. The molecule has 2 amide bonds. The fourth-order valence-corrected chi connectivity index (χ4v) is 6.45. The van der Waals surface area contributed by atoms with Gasteiger partial charge in [-0.25, -0.2) is 4.90 Å². The first-order valence-corrected chi connectivity index (χ1v) is 13.1. The second-order valence-corrected chi connectivity index (χ2v) is 10.8. The van der Waals surface area contributed by atoms with Gasteiger partial charge in [-0.2, -0.15) is 0 Å². The summed E-state index contributed by atoms with van der Waals surface area (Å²) in [6.07, 6.45) is 3.93. The predicted octanol–water partition coefficient (Wildman–Crippen LogP) is 5.49. The monoisotopic (exact) mass is 606 g/mol. The second-order valence-electron chi connectivity index (χ2n) is 9.01. The number of ketones is 1. The van der Waals surface area contributed by atoms with Gasteiger partial charge >= 0.3 is 0 Å². The fourth-order valence-electron chi connectivity index (χ4n) is 5.65. The quantitative estimate of drug-likeness (QED) is 0.290. The molecular weight excluding hydrogens is 588 g/mol. The standard InChI is InChI=1S/C28H20Br2N2O4/c1-36-22-13-7-16(14-19(22)30)26(33)25-24-23(21-12-6-15-4-2-3-5-20(15)32(21)25)27(34)31(28(24)35)18-10-8-17(29)9-11-18/h2-14,21,23-25H,1H3. The first kappa shape index (κ1) is 23.2. The van der Waals surface area contributed by atoms with Crippen LogP contribution in [-0.4, -0.2) is 36.8 Å². The smallest absolute Gasteiger partial charge is 0.240 e. The topological polar surface area (TPSA) is 66.9 Å². The Hall–Kier alpha value is -3.23. The number of ether oxygens (including phenoxy) is 1. The van der Waals surface area contributed by atoms with Crippen LogP contribution >= 0.6 is 31.9 Å². The number of carbonyl (C=O) groups excluding carboxylic acids is 3. The molecule has 4 atom stereocenters. The van der Waals surface area contributed by atoms with Gasteiger partial charge in [0.1, 0.15) is 11.8 Å². The van der Waals surface area contributed by atoms with Crippen LogP contribution in [0.15, 0.2) is 81.8 Å². The van der Waals surface area contributed by atoms with Gasteiger partial charge in [-0.3, -0.25) is 14.4 Å². The third kappa shape index (κ3) is 3.38. The van der Waals surface area contributed by atoms with Crippen molar-refractivity contribution < 1.29 is 19.1 Å². The van der Waals surface area contributed by atoms with Crippen molar-refractivity contribution in [3.63, 3.8) is 0 Å². The highest BCUT2D eigenvalue weighted by Gasteiger charge is 2.64. The fraction of sp³-hybridized carbons (Fsp3) is 0.179. The number of benzene rings is 3. The van der Waals surface area contributed by atoms with Crippen LogP contribution in [-0.2, 0) is 9.59 Å². The zero-order valence-corrected chi connectivity index (χ0v) is 22.3. The number of hydrogen-bond donors (Lipinski definition) is 0. The molecule has 6 rings (SSSR count). The van der Waals surface area contributed by atoms with Crippen molar-refractivity contribution in [3.05, 3.63) is 92.9 Å². The molecule has 0 N–H and O–H groups in total. The number of halogens is 2. The molecule has 3 aromatic rings. The van der Waals surface area contributed by atoms with Crippen LogP contribution in [0.5, 0.6) is 5.75 Å². The molecule has 0 aliphatic carbocycles. The summed E-state index contributed by atoms with van der Waals surface area (Å²) in [7, 11) is 1.56. The van der Waals surface area contributed by atoms with Crippen LogP contribution in [0.2, 0.25) is 0 Å². The number of carbonyl (C=O) groups is 3. The van der Waals surface area contributed by atoms with Crippen molar-refractivity contribution in [1.82, 2.24) is 0 Å². The van der Waals surface area contributed by atoms with Gasteiger partial charge in [0.05, 0.1) is 35.1 Å². The Balaban J connectivity index is 1.48. The van der Waals surface area contributed by atoms with Gasteiger partial charge in [0.15, 0.2) is 5.78 Å². The highest BCUT2D eigenvalue weighted by atomic mass is 79.9. The molecule has 4 unspecified atom stereocenters. The number of methoxy groups -OCH3 is 1. The minimum absolute atomic E-state index is 0.209. The van der Waals surface area contributed by atoms with E-state index < -0.39 is 23.9 Å². The Morgan fingerprint density at radius 1 is 0.917 bits per heavy atom. The molecule has 3 aromatic carbocycles. The largest absolute Gasteiger partial charge is 0.496 e. The molecule has 3 aliphatic heterocycles. The van der Waals surface area contributed by atoms with E-state index in [1.165, 1.54) is 4.90 Å². The van der Waals surface area contributed by atoms with Crippen molar-refractivity contribution in [2.75, 3.05) is 16.9 Å². The highest BCUT2D eigenvalue weighted by Crippen LogP contribution is 2.50. The number of rotatable bonds is 4. The molecule has 3 heterocycles. The number of nitrogens with zero attached hydrogens (tertiary/aromatic N) is 2. The number of para-hydroxylation sites is 1. The molecule has 3 aliphatic rings. The van der Waals surface area contributed by atoms with Gasteiger partial charge in [0, 0.05) is 15.7 Å². The van der Waals surface area contributed by atoms with E-state index in [1.54, 1.807) is 49.6 Å². The van der Waals surface area contributed by atoms with Crippen molar-refractivity contribution in [2.45, 2.75) is 12.1 Å². The molecule has 180 valence electrons. The first-order chi connectivity index (χ1) is 17.4. The number of amides is 2. The molecule has 0 bridgehead atoms. The van der Waals surface area contributed by atoms with E-state index in [0.29, 0.717) is 21.5 Å². The van der Waals surface area contributed by atoms with Crippen molar-refractivity contribution >= 4 is 66.9 Å². The number of Topliss-reactive ketones (excluding diaryl/α,β-unsaturated/α-hetero) is 1. The molecule has 2 saturated heterocycles. The van der Waals surface area contributed by atoms with Crippen molar-refractivity contribution in [1.29, 1.82) is 0 Å². The molecule has 36 heavy (non-hydrogen) atoms. The third-order valence-electron chi connectivity index (χ3n) is 7.20. The van der Waals surface area contributed by atoms with E-state index in [4.69, 9.17) is 4.74 Å². The number of imide groups is 1. The Morgan fingerprint density at radius 2 is 1.64 bits per heavy atom. The zero-order chi connectivity index (χ0) is 25.1. The van der Waals surface area contributed by atoms with E-state index >= 15 is 0 Å². The molecule has 0 aromatic heterocycles. The van der Waals surface area contributed by atoms with E-state index in [-0.39, 0.29) is 17.6 Å². The lowest BCUT2D eigenvalue weighted by molar-refractivity contribution is -0.122. The Bertz CT molecular complexity index is 1450. The van der Waals surface area contributed by atoms with Gasteiger partial charge in [-0.1, -0.05) is 46.3 Å². The summed E-state index contributed by atoms with van der Waals surface area (Å²) in [6, 6.07) is 18.7. The Labute approximate surface area is 224 Å².